The number of carbonyl (C=O) groups is 1. The zero-order valence-corrected chi connectivity index (χ0v) is 14.0. The topological polar surface area (TPSA) is 52.6 Å². The summed E-state index contributed by atoms with van der Waals surface area (Å²) in [4.78, 5) is 13.9. The summed E-state index contributed by atoms with van der Waals surface area (Å²) in [5, 5.41) is 14.5. The van der Waals surface area contributed by atoms with Crippen LogP contribution in [0.15, 0.2) is 11.4 Å². The SMILES string of the molecule is CC1CCCC(CNCc2ccsc2C(=O)O)(N(C)C)C1. The molecule has 1 aliphatic carbocycles. The maximum Gasteiger partial charge on any atom is 0.346 e. The summed E-state index contributed by atoms with van der Waals surface area (Å²) in [7, 11) is 4.32. The normalized spacial score (nSPS) is 26.2. The quantitative estimate of drug-likeness (QED) is 0.848. The van der Waals surface area contributed by atoms with E-state index < -0.39 is 5.97 Å². The minimum Gasteiger partial charge on any atom is -0.477 e. The summed E-state index contributed by atoms with van der Waals surface area (Å²) in [5.41, 5.74) is 1.10. The van der Waals surface area contributed by atoms with Crippen molar-refractivity contribution in [1.29, 1.82) is 0 Å². The third-order valence-electron chi connectivity index (χ3n) is 4.73. The molecule has 0 radical (unpaired) electrons. The zero-order valence-electron chi connectivity index (χ0n) is 13.2. The second-order valence-corrected chi connectivity index (χ2v) is 7.42. The molecule has 5 heteroatoms. The molecule has 1 heterocycles. The lowest BCUT2D eigenvalue weighted by Crippen LogP contribution is -2.54. The maximum absolute atomic E-state index is 11.1. The third-order valence-corrected chi connectivity index (χ3v) is 5.67. The molecule has 0 aromatic carbocycles. The van der Waals surface area contributed by atoms with Crippen molar-refractivity contribution < 1.29 is 9.90 Å². The van der Waals surface area contributed by atoms with Crippen molar-refractivity contribution >= 4 is 17.3 Å². The van der Waals surface area contributed by atoms with Crippen LogP contribution in [-0.4, -0.2) is 42.2 Å². The molecule has 1 aromatic heterocycles. The fourth-order valence-corrected chi connectivity index (χ4v) is 4.21. The van der Waals surface area contributed by atoms with Crippen LogP contribution < -0.4 is 5.32 Å². The summed E-state index contributed by atoms with van der Waals surface area (Å²) >= 11 is 1.30. The van der Waals surface area contributed by atoms with E-state index in [1.807, 2.05) is 11.4 Å². The van der Waals surface area contributed by atoms with Gasteiger partial charge in [0.2, 0.25) is 0 Å². The summed E-state index contributed by atoms with van der Waals surface area (Å²) in [6, 6.07) is 1.91. The molecule has 2 rings (SSSR count). The molecule has 1 saturated carbocycles. The lowest BCUT2D eigenvalue weighted by molar-refractivity contribution is 0.0699. The molecule has 2 atom stereocenters. The van der Waals surface area contributed by atoms with Gasteiger partial charge in [-0.3, -0.25) is 0 Å². The molecule has 2 N–H and O–H groups in total. The Morgan fingerprint density at radius 3 is 2.95 bits per heavy atom. The standard InChI is InChI=1S/C16H26N2O2S/c1-12-5-4-7-16(9-12,18(2)3)11-17-10-13-6-8-21-14(13)15(19)20/h6,8,12,17H,4-5,7,9-11H2,1-3H3,(H,19,20). The van der Waals surface area contributed by atoms with E-state index in [-0.39, 0.29) is 5.54 Å². The summed E-state index contributed by atoms with van der Waals surface area (Å²) in [6.45, 7) is 3.88. The molecule has 21 heavy (non-hydrogen) atoms. The number of nitrogens with one attached hydrogen (secondary N) is 1. The Kier molecular flexibility index (Phi) is 5.41. The van der Waals surface area contributed by atoms with Crippen LogP contribution in [0.2, 0.25) is 0 Å². The van der Waals surface area contributed by atoms with Gasteiger partial charge in [-0.05, 0) is 49.9 Å². The molecule has 118 valence electrons. The zero-order chi connectivity index (χ0) is 15.5. The number of carboxylic acids is 1. The smallest absolute Gasteiger partial charge is 0.346 e. The van der Waals surface area contributed by atoms with Crippen LogP contribution in [0.25, 0.3) is 0 Å². The molecule has 0 saturated heterocycles. The van der Waals surface area contributed by atoms with Crippen LogP contribution in [0.1, 0.15) is 47.8 Å². The highest BCUT2D eigenvalue weighted by Crippen LogP contribution is 2.35. The lowest BCUT2D eigenvalue weighted by atomic mass is 9.75. The van der Waals surface area contributed by atoms with Gasteiger partial charge >= 0.3 is 5.97 Å². The Morgan fingerprint density at radius 2 is 2.33 bits per heavy atom. The molecule has 1 aliphatic rings. The highest BCUT2D eigenvalue weighted by Gasteiger charge is 2.36. The van der Waals surface area contributed by atoms with E-state index in [1.165, 1.54) is 37.0 Å². The average Bonchev–Trinajstić information content (AvgIpc) is 2.87. The molecule has 0 spiro atoms. The van der Waals surface area contributed by atoms with Crippen LogP contribution in [-0.2, 0) is 6.54 Å². The Bertz CT molecular complexity index is 486. The maximum atomic E-state index is 11.1. The predicted octanol–water partition coefficient (Wildman–Crippen LogP) is 3.05. The second kappa shape index (κ2) is 6.90. The van der Waals surface area contributed by atoms with E-state index in [4.69, 9.17) is 5.11 Å². The van der Waals surface area contributed by atoms with E-state index in [9.17, 15) is 4.79 Å². The van der Waals surface area contributed by atoms with Gasteiger partial charge in [-0.25, -0.2) is 4.79 Å². The van der Waals surface area contributed by atoms with Gasteiger partial charge in [0.15, 0.2) is 0 Å². The molecule has 2 unspecified atom stereocenters. The van der Waals surface area contributed by atoms with Gasteiger partial charge in [0.25, 0.3) is 0 Å². The summed E-state index contributed by atoms with van der Waals surface area (Å²) in [5.74, 6) is -0.0610. The molecule has 1 aromatic rings. The first-order chi connectivity index (χ1) is 9.94. The van der Waals surface area contributed by atoms with E-state index in [1.54, 1.807) is 0 Å². The number of hydrogen-bond acceptors (Lipinski definition) is 4. The predicted molar refractivity (Wildman–Crippen MR) is 87.0 cm³/mol. The van der Waals surface area contributed by atoms with Crippen LogP contribution in [0, 0.1) is 5.92 Å². The van der Waals surface area contributed by atoms with Gasteiger partial charge in [0.1, 0.15) is 4.88 Å². The van der Waals surface area contributed by atoms with E-state index in [0.717, 1.165) is 18.0 Å². The van der Waals surface area contributed by atoms with Crippen molar-refractivity contribution in [2.24, 2.45) is 5.92 Å². The first-order valence-corrected chi connectivity index (χ1v) is 8.50. The van der Waals surface area contributed by atoms with Crippen LogP contribution in [0.3, 0.4) is 0 Å². The van der Waals surface area contributed by atoms with Gasteiger partial charge in [-0.15, -0.1) is 11.3 Å². The number of thiophene rings is 1. The molecule has 4 nitrogen and oxygen atoms in total. The minimum atomic E-state index is -0.824. The van der Waals surface area contributed by atoms with Crippen LogP contribution in [0.5, 0.6) is 0 Å². The lowest BCUT2D eigenvalue weighted by Gasteiger charge is -2.45. The van der Waals surface area contributed by atoms with E-state index >= 15 is 0 Å². The number of likely N-dealkylation sites (N-methyl/N-ethyl adjacent to an activating group) is 1. The fraction of sp³-hybridized carbons (Fsp3) is 0.688. The van der Waals surface area contributed by atoms with E-state index in [0.29, 0.717) is 11.4 Å². The fourth-order valence-electron chi connectivity index (χ4n) is 3.45. The number of aromatic carboxylic acids is 1. The van der Waals surface area contributed by atoms with Crippen molar-refractivity contribution in [3.05, 3.63) is 21.9 Å². The highest BCUT2D eigenvalue weighted by atomic mass is 32.1. The first-order valence-electron chi connectivity index (χ1n) is 7.62. The third kappa shape index (κ3) is 3.84. The van der Waals surface area contributed by atoms with Gasteiger partial charge in [0.05, 0.1) is 0 Å². The van der Waals surface area contributed by atoms with Crippen molar-refractivity contribution in [3.8, 4) is 0 Å². The molecule has 0 bridgehead atoms. The van der Waals surface area contributed by atoms with Crippen molar-refractivity contribution in [2.45, 2.75) is 44.7 Å². The monoisotopic (exact) mass is 310 g/mol. The molecular weight excluding hydrogens is 284 g/mol. The van der Waals surface area contributed by atoms with Crippen molar-refractivity contribution in [2.75, 3.05) is 20.6 Å². The van der Waals surface area contributed by atoms with E-state index in [2.05, 4.69) is 31.2 Å². The highest BCUT2D eigenvalue weighted by molar-refractivity contribution is 7.12. The number of rotatable bonds is 6. The Labute approximate surface area is 131 Å². The molecule has 0 aliphatic heterocycles. The van der Waals surface area contributed by atoms with Gasteiger partial charge in [-0.2, -0.15) is 0 Å². The number of carboxylic acid groups (broad SMARTS) is 1. The van der Waals surface area contributed by atoms with Gasteiger partial charge in [0, 0.05) is 18.6 Å². The second-order valence-electron chi connectivity index (χ2n) is 6.50. The number of hydrogen-bond donors (Lipinski definition) is 2. The Hall–Kier alpha value is -0.910. The molecular formula is C16H26N2O2S. The minimum absolute atomic E-state index is 0.205. The van der Waals surface area contributed by atoms with Crippen LogP contribution >= 0.6 is 11.3 Å². The summed E-state index contributed by atoms with van der Waals surface area (Å²) in [6.07, 6.45) is 5.03. The largest absolute Gasteiger partial charge is 0.477 e. The molecule has 0 amide bonds. The van der Waals surface area contributed by atoms with Gasteiger partial charge < -0.3 is 15.3 Å². The Balaban J connectivity index is 1.96. The average molecular weight is 310 g/mol. The van der Waals surface area contributed by atoms with Crippen molar-refractivity contribution in [3.63, 3.8) is 0 Å². The molecule has 1 fully saturated rings. The van der Waals surface area contributed by atoms with Crippen LogP contribution in [0.4, 0.5) is 0 Å². The number of nitrogens with zero attached hydrogens (tertiary/aromatic N) is 1. The first kappa shape index (κ1) is 16.5. The Morgan fingerprint density at radius 1 is 1.57 bits per heavy atom. The van der Waals surface area contributed by atoms with Crippen molar-refractivity contribution in [1.82, 2.24) is 10.2 Å². The van der Waals surface area contributed by atoms with Gasteiger partial charge in [-0.1, -0.05) is 19.8 Å². The summed E-state index contributed by atoms with van der Waals surface area (Å²) < 4.78 is 0.